The van der Waals surface area contributed by atoms with Gasteiger partial charge in [-0.3, -0.25) is 14.9 Å². The molecular formula is C19H16FN3O6. The number of likely N-dealkylation sites (N-methyl/N-ethyl adjacent to an activating group) is 1. The van der Waals surface area contributed by atoms with Crippen molar-refractivity contribution in [1.82, 2.24) is 4.90 Å². The van der Waals surface area contributed by atoms with Crippen molar-refractivity contribution in [1.29, 1.82) is 5.26 Å². The summed E-state index contributed by atoms with van der Waals surface area (Å²) < 4.78 is 14.2. The van der Waals surface area contributed by atoms with E-state index in [1.54, 1.807) is 19.1 Å². The van der Waals surface area contributed by atoms with Crippen molar-refractivity contribution in [2.24, 2.45) is 0 Å². The fourth-order valence-electron chi connectivity index (χ4n) is 2.57. The first-order valence-corrected chi connectivity index (χ1v) is 8.12. The molecule has 9 nitrogen and oxygen atoms in total. The maximum atomic E-state index is 14.2. The molecule has 10 heteroatoms. The molecule has 0 unspecified atom stereocenters. The fourth-order valence-corrected chi connectivity index (χ4v) is 2.57. The van der Waals surface area contributed by atoms with Gasteiger partial charge in [0.05, 0.1) is 4.92 Å². The molecule has 0 atom stereocenters. The summed E-state index contributed by atoms with van der Waals surface area (Å²) in [4.78, 5) is 23.5. The van der Waals surface area contributed by atoms with Gasteiger partial charge in [0.25, 0.3) is 5.91 Å². The van der Waals surface area contributed by atoms with Crippen LogP contribution in [0.2, 0.25) is 0 Å². The molecule has 3 N–H and O–H groups in total. The number of nitriles is 1. The van der Waals surface area contributed by atoms with Crippen LogP contribution in [-0.2, 0) is 11.3 Å². The van der Waals surface area contributed by atoms with Crippen LogP contribution in [-0.4, -0.2) is 38.1 Å². The van der Waals surface area contributed by atoms with Gasteiger partial charge in [0.2, 0.25) is 5.75 Å². The first kappa shape index (κ1) is 21.2. The van der Waals surface area contributed by atoms with Gasteiger partial charge >= 0.3 is 5.69 Å². The van der Waals surface area contributed by atoms with Gasteiger partial charge in [-0.25, -0.2) is 4.39 Å². The quantitative estimate of drug-likeness (QED) is 0.174. The standard InChI is InChI=1S/C19H16FN3O6/c1-10-4-3-5-11(16(10)20)9-22(2)19(27)13(8-21)17(25)12-6-14(23(28)29)18(26)15(24)7-12/h3-7,24-26H,9H2,1-2H3/b17-13-. The number of aliphatic hydroxyl groups excluding tert-OH is 1. The van der Waals surface area contributed by atoms with Crippen molar-refractivity contribution in [2.45, 2.75) is 13.5 Å². The molecular weight excluding hydrogens is 385 g/mol. The normalized spacial score (nSPS) is 11.4. The summed E-state index contributed by atoms with van der Waals surface area (Å²) in [5.74, 6) is -4.37. The molecule has 0 bridgehead atoms. The number of phenols is 2. The molecule has 2 aromatic carbocycles. The predicted molar refractivity (Wildman–Crippen MR) is 99.2 cm³/mol. The van der Waals surface area contributed by atoms with E-state index in [2.05, 4.69) is 0 Å². The predicted octanol–water partition coefficient (Wildman–Crippen LogP) is 2.90. The molecule has 2 aromatic rings. The van der Waals surface area contributed by atoms with Crippen LogP contribution in [0.3, 0.4) is 0 Å². The number of phenolic OH excluding ortho intramolecular Hbond substituents is 2. The third-order valence-corrected chi connectivity index (χ3v) is 4.13. The third kappa shape index (κ3) is 4.24. The van der Waals surface area contributed by atoms with Gasteiger partial charge in [0, 0.05) is 30.8 Å². The molecule has 0 aromatic heterocycles. The molecule has 29 heavy (non-hydrogen) atoms. The lowest BCUT2D eigenvalue weighted by molar-refractivity contribution is -0.386. The summed E-state index contributed by atoms with van der Waals surface area (Å²) in [6.45, 7) is 1.35. The Morgan fingerprint density at radius 3 is 2.59 bits per heavy atom. The molecule has 0 heterocycles. The SMILES string of the molecule is Cc1cccc(CN(C)C(=O)/C(C#N)=C(\O)c2cc(O)c(O)c([N+](=O)[O-])c2)c1F. The minimum Gasteiger partial charge on any atom is -0.506 e. The van der Waals surface area contributed by atoms with Crippen molar-refractivity contribution in [3.63, 3.8) is 0 Å². The van der Waals surface area contributed by atoms with E-state index in [1.165, 1.54) is 19.2 Å². The minimum absolute atomic E-state index is 0.190. The van der Waals surface area contributed by atoms with Crippen LogP contribution in [0.1, 0.15) is 16.7 Å². The number of amides is 1. The minimum atomic E-state index is -1.02. The summed E-state index contributed by atoms with van der Waals surface area (Å²) >= 11 is 0. The molecule has 0 aliphatic heterocycles. The second-order valence-corrected chi connectivity index (χ2v) is 6.16. The van der Waals surface area contributed by atoms with Crippen LogP contribution in [0.5, 0.6) is 11.5 Å². The lowest BCUT2D eigenvalue weighted by Crippen LogP contribution is -2.28. The van der Waals surface area contributed by atoms with Gasteiger partial charge in [-0.2, -0.15) is 5.26 Å². The molecule has 0 saturated heterocycles. The Kier molecular flexibility index (Phi) is 6.03. The number of carbonyl (C=O) groups excluding carboxylic acids is 1. The highest BCUT2D eigenvalue weighted by molar-refractivity contribution is 6.03. The zero-order chi connectivity index (χ0) is 21.9. The van der Waals surface area contributed by atoms with E-state index in [0.717, 1.165) is 11.0 Å². The largest absolute Gasteiger partial charge is 0.506 e. The van der Waals surface area contributed by atoms with E-state index in [-0.39, 0.29) is 12.1 Å². The van der Waals surface area contributed by atoms with Crippen molar-refractivity contribution < 1.29 is 29.4 Å². The Morgan fingerprint density at radius 1 is 1.34 bits per heavy atom. The van der Waals surface area contributed by atoms with E-state index in [9.17, 15) is 39.9 Å². The first-order chi connectivity index (χ1) is 13.6. The molecule has 2 rings (SSSR count). The molecule has 0 radical (unpaired) electrons. The molecule has 0 spiro atoms. The Balaban J connectivity index is 2.44. The maximum absolute atomic E-state index is 14.2. The molecule has 0 saturated carbocycles. The second kappa shape index (κ2) is 8.26. The summed E-state index contributed by atoms with van der Waals surface area (Å²) in [7, 11) is 1.28. The summed E-state index contributed by atoms with van der Waals surface area (Å²) in [6.07, 6.45) is 0. The van der Waals surface area contributed by atoms with Crippen molar-refractivity contribution >= 4 is 17.4 Å². The zero-order valence-electron chi connectivity index (χ0n) is 15.4. The van der Waals surface area contributed by atoms with Crippen molar-refractivity contribution in [2.75, 3.05) is 7.05 Å². The molecule has 1 amide bonds. The van der Waals surface area contributed by atoms with Crippen molar-refractivity contribution in [3.8, 4) is 17.6 Å². The van der Waals surface area contributed by atoms with Crippen LogP contribution in [0.15, 0.2) is 35.9 Å². The number of aromatic hydroxyl groups is 2. The van der Waals surface area contributed by atoms with Gasteiger partial charge in [0.1, 0.15) is 17.6 Å². The zero-order valence-corrected chi connectivity index (χ0v) is 15.4. The number of benzene rings is 2. The number of nitro benzene ring substituents is 1. The summed E-state index contributed by atoms with van der Waals surface area (Å²) in [5, 5.41) is 49.7. The van der Waals surface area contributed by atoms with Crippen LogP contribution in [0.4, 0.5) is 10.1 Å². The van der Waals surface area contributed by atoms with E-state index < -0.39 is 50.7 Å². The topological polar surface area (TPSA) is 148 Å². The van der Waals surface area contributed by atoms with Crippen LogP contribution >= 0.6 is 0 Å². The molecule has 0 fully saturated rings. The maximum Gasteiger partial charge on any atom is 0.315 e. The van der Waals surface area contributed by atoms with Gasteiger partial charge in [-0.05, 0) is 18.6 Å². The number of hydrogen-bond donors (Lipinski definition) is 3. The average molecular weight is 401 g/mol. The number of aliphatic hydroxyl groups is 1. The fraction of sp³-hybridized carbons (Fsp3) is 0.158. The highest BCUT2D eigenvalue weighted by atomic mass is 19.1. The molecule has 0 aliphatic carbocycles. The Hall–Kier alpha value is -4.13. The van der Waals surface area contributed by atoms with Crippen LogP contribution in [0.25, 0.3) is 5.76 Å². The number of hydrogen-bond acceptors (Lipinski definition) is 7. The van der Waals surface area contributed by atoms with E-state index >= 15 is 0 Å². The second-order valence-electron chi connectivity index (χ2n) is 6.16. The molecule has 0 aliphatic rings. The number of rotatable bonds is 5. The van der Waals surface area contributed by atoms with Gasteiger partial charge in [-0.15, -0.1) is 0 Å². The summed E-state index contributed by atoms with van der Waals surface area (Å²) in [5.41, 5.74) is -1.57. The molecule has 150 valence electrons. The van der Waals surface area contributed by atoms with E-state index in [1.807, 2.05) is 0 Å². The highest BCUT2D eigenvalue weighted by Crippen LogP contribution is 2.38. The average Bonchev–Trinajstić information content (AvgIpc) is 2.67. The lowest BCUT2D eigenvalue weighted by Gasteiger charge is -2.18. The van der Waals surface area contributed by atoms with Crippen LogP contribution < -0.4 is 0 Å². The lowest BCUT2D eigenvalue weighted by atomic mass is 10.1. The van der Waals surface area contributed by atoms with E-state index in [0.29, 0.717) is 11.6 Å². The van der Waals surface area contributed by atoms with Crippen LogP contribution in [0, 0.1) is 34.2 Å². The van der Waals surface area contributed by atoms with Gasteiger partial charge < -0.3 is 20.2 Å². The Morgan fingerprint density at radius 2 is 2.00 bits per heavy atom. The van der Waals surface area contributed by atoms with Crippen molar-refractivity contribution in [3.05, 3.63) is 68.5 Å². The number of nitrogens with zero attached hydrogens (tertiary/aromatic N) is 3. The Labute approximate surface area is 164 Å². The first-order valence-electron chi connectivity index (χ1n) is 8.12. The van der Waals surface area contributed by atoms with E-state index in [4.69, 9.17) is 0 Å². The highest BCUT2D eigenvalue weighted by Gasteiger charge is 2.25. The number of aryl methyl sites for hydroxylation is 1. The summed E-state index contributed by atoms with van der Waals surface area (Å²) in [6, 6.07) is 7.59. The number of halogens is 1. The number of carbonyl (C=O) groups is 1. The third-order valence-electron chi connectivity index (χ3n) is 4.13. The van der Waals surface area contributed by atoms with Gasteiger partial charge in [-0.1, -0.05) is 18.2 Å². The Bertz CT molecular complexity index is 1070. The number of nitro groups is 1. The van der Waals surface area contributed by atoms with Gasteiger partial charge in [0.15, 0.2) is 11.3 Å². The smallest absolute Gasteiger partial charge is 0.315 e. The monoisotopic (exact) mass is 401 g/mol.